The summed E-state index contributed by atoms with van der Waals surface area (Å²) in [6.45, 7) is 9.22. The number of thiophene rings is 1. The van der Waals surface area contributed by atoms with Crippen LogP contribution in [-0.2, 0) is 0 Å². The standard InChI is InChI=1S/C17H22FNS/c1-5-8-19-16(17-12(3)9-13(4)20-17)14-6-7-15(18)11(2)10-14/h6-7,9-10,16,19H,5,8H2,1-4H3. The lowest BCUT2D eigenvalue weighted by Gasteiger charge is -2.19. The average Bonchev–Trinajstić information content (AvgIpc) is 2.73. The van der Waals surface area contributed by atoms with E-state index in [9.17, 15) is 4.39 Å². The first-order chi connectivity index (χ1) is 9.52. The van der Waals surface area contributed by atoms with Crippen LogP contribution in [0.4, 0.5) is 4.39 Å². The molecule has 1 atom stereocenters. The first kappa shape index (κ1) is 15.2. The van der Waals surface area contributed by atoms with Crippen molar-refractivity contribution in [2.75, 3.05) is 6.54 Å². The van der Waals surface area contributed by atoms with Gasteiger partial charge in [0.25, 0.3) is 0 Å². The molecule has 0 saturated heterocycles. The molecule has 0 bridgehead atoms. The molecule has 0 aliphatic heterocycles. The smallest absolute Gasteiger partial charge is 0.126 e. The maximum atomic E-state index is 13.5. The van der Waals surface area contributed by atoms with Crippen LogP contribution in [0.1, 0.15) is 45.8 Å². The van der Waals surface area contributed by atoms with E-state index in [1.807, 2.05) is 30.4 Å². The molecule has 1 unspecified atom stereocenters. The molecular weight excluding hydrogens is 269 g/mol. The molecule has 0 aliphatic rings. The van der Waals surface area contributed by atoms with Crippen LogP contribution in [0.3, 0.4) is 0 Å². The molecule has 0 radical (unpaired) electrons. The number of halogens is 1. The van der Waals surface area contributed by atoms with Gasteiger partial charge in [0.1, 0.15) is 5.82 Å². The zero-order valence-corrected chi connectivity index (χ0v) is 13.4. The molecule has 1 N–H and O–H groups in total. The molecule has 20 heavy (non-hydrogen) atoms. The normalized spacial score (nSPS) is 12.7. The summed E-state index contributed by atoms with van der Waals surface area (Å²) in [6.07, 6.45) is 1.08. The summed E-state index contributed by atoms with van der Waals surface area (Å²) in [5.74, 6) is -0.137. The largest absolute Gasteiger partial charge is 0.306 e. The van der Waals surface area contributed by atoms with Crippen LogP contribution in [-0.4, -0.2) is 6.54 Å². The van der Waals surface area contributed by atoms with Gasteiger partial charge in [0.15, 0.2) is 0 Å². The Hall–Kier alpha value is -1.19. The number of hydrogen-bond donors (Lipinski definition) is 1. The zero-order valence-electron chi connectivity index (χ0n) is 12.6. The molecule has 0 saturated carbocycles. The van der Waals surface area contributed by atoms with E-state index in [1.165, 1.54) is 15.3 Å². The average molecular weight is 291 g/mol. The molecule has 0 amide bonds. The van der Waals surface area contributed by atoms with Crippen molar-refractivity contribution in [3.05, 3.63) is 56.5 Å². The van der Waals surface area contributed by atoms with Crippen molar-refractivity contribution in [3.63, 3.8) is 0 Å². The van der Waals surface area contributed by atoms with Crippen molar-refractivity contribution in [1.82, 2.24) is 5.32 Å². The van der Waals surface area contributed by atoms with E-state index in [0.29, 0.717) is 5.56 Å². The van der Waals surface area contributed by atoms with Gasteiger partial charge in [-0.3, -0.25) is 0 Å². The van der Waals surface area contributed by atoms with Gasteiger partial charge in [-0.05, 0) is 62.6 Å². The molecule has 1 heterocycles. The van der Waals surface area contributed by atoms with Crippen molar-refractivity contribution in [2.24, 2.45) is 0 Å². The number of nitrogens with one attached hydrogen (secondary N) is 1. The maximum Gasteiger partial charge on any atom is 0.126 e. The Labute approximate surface area is 124 Å². The third-order valence-corrected chi connectivity index (χ3v) is 4.67. The summed E-state index contributed by atoms with van der Waals surface area (Å²) in [5.41, 5.74) is 3.15. The first-order valence-corrected chi connectivity index (χ1v) is 7.91. The minimum Gasteiger partial charge on any atom is -0.306 e. The van der Waals surface area contributed by atoms with Crippen molar-refractivity contribution in [2.45, 2.75) is 40.2 Å². The zero-order chi connectivity index (χ0) is 14.7. The molecule has 1 aromatic heterocycles. The molecule has 0 spiro atoms. The van der Waals surface area contributed by atoms with Gasteiger partial charge in [-0.25, -0.2) is 4.39 Å². The monoisotopic (exact) mass is 291 g/mol. The summed E-state index contributed by atoms with van der Waals surface area (Å²) in [6, 6.07) is 7.80. The highest BCUT2D eigenvalue weighted by atomic mass is 32.1. The van der Waals surface area contributed by atoms with Crippen molar-refractivity contribution < 1.29 is 4.39 Å². The molecule has 0 aliphatic carbocycles. The molecular formula is C17H22FNS. The van der Waals surface area contributed by atoms with E-state index in [0.717, 1.165) is 18.5 Å². The highest BCUT2D eigenvalue weighted by Crippen LogP contribution is 2.32. The third kappa shape index (κ3) is 3.28. The highest BCUT2D eigenvalue weighted by molar-refractivity contribution is 7.12. The second kappa shape index (κ2) is 6.51. The van der Waals surface area contributed by atoms with E-state index in [-0.39, 0.29) is 11.9 Å². The number of hydrogen-bond acceptors (Lipinski definition) is 2. The number of benzene rings is 1. The van der Waals surface area contributed by atoms with Crippen LogP contribution >= 0.6 is 11.3 Å². The summed E-state index contributed by atoms with van der Waals surface area (Å²) in [5, 5.41) is 3.59. The Kier molecular flexibility index (Phi) is 4.95. The van der Waals surface area contributed by atoms with Crippen molar-refractivity contribution in [1.29, 1.82) is 0 Å². The fourth-order valence-electron chi connectivity index (χ4n) is 2.44. The minimum absolute atomic E-state index is 0.137. The van der Waals surface area contributed by atoms with Gasteiger partial charge in [0.2, 0.25) is 0 Å². The lowest BCUT2D eigenvalue weighted by atomic mass is 10.0. The molecule has 2 rings (SSSR count). The first-order valence-electron chi connectivity index (χ1n) is 7.09. The Bertz CT molecular complexity index is 589. The number of aryl methyl sites for hydroxylation is 3. The Balaban J connectivity index is 2.41. The van der Waals surface area contributed by atoms with Gasteiger partial charge >= 0.3 is 0 Å². The predicted molar refractivity (Wildman–Crippen MR) is 85.1 cm³/mol. The molecule has 108 valence electrons. The molecule has 0 fully saturated rings. The maximum absolute atomic E-state index is 13.5. The van der Waals surface area contributed by atoms with Gasteiger partial charge in [-0.15, -0.1) is 11.3 Å². The van der Waals surface area contributed by atoms with Crippen LogP contribution in [0, 0.1) is 26.6 Å². The Morgan fingerprint density at radius 1 is 1.15 bits per heavy atom. The van der Waals surface area contributed by atoms with Gasteiger partial charge in [-0.1, -0.05) is 19.1 Å². The lowest BCUT2D eigenvalue weighted by Crippen LogP contribution is -2.23. The Morgan fingerprint density at radius 2 is 1.90 bits per heavy atom. The van der Waals surface area contributed by atoms with Crippen LogP contribution in [0.5, 0.6) is 0 Å². The van der Waals surface area contributed by atoms with E-state index < -0.39 is 0 Å². The Morgan fingerprint density at radius 3 is 2.45 bits per heavy atom. The van der Waals surface area contributed by atoms with Crippen LogP contribution in [0.15, 0.2) is 24.3 Å². The SMILES string of the molecule is CCCNC(c1ccc(F)c(C)c1)c1sc(C)cc1C. The minimum atomic E-state index is -0.137. The number of rotatable bonds is 5. The second-order valence-electron chi connectivity index (χ2n) is 5.30. The van der Waals surface area contributed by atoms with Gasteiger partial charge in [0.05, 0.1) is 6.04 Å². The van der Waals surface area contributed by atoms with E-state index in [1.54, 1.807) is 6.07 Å². The highest BCUT2D eigenvalue weighted by Gasteiger charge is 2.18. The summed E-state index contributed by atoms with van der Waals surface area (Å²) in [4.78, 5) is 2.65. The van der Waals surface area contributed by atoms with Gasteiger partial charge in [-0.2, -0.15) is 0 Å². The molecule has 1 nitrogen and oxygen atoms in total. The predicted octanol–water partition coefficient (Wildman–Crippen LogP) is 4.90. The molecule has 3 heteroatoms. The van der Waals surface area contributed by atoms with E-state index in [2.05, 4.69) is 32.2 Å². The van der Waals surface area contributed by atoms with Crippen molar-refractivity contribution >= 4 is 11.3 Å². The molecule has 2 aromatic rings. The van der Waals surface area contributed by atoms with E-state index in [4.69, 9.17) is 0 Å². The van der Waals surface area contributed by atoms with Crippen LogP contribution < -0.4 is 5.32 Å². The van der Waals surface area contributed by atoms with Crippen LogP contribution in [0.25, 0.3) is 0 Å². The summed E-state index contributed by atoms with van der Waals surface area (Å²) in [7, 11) is 0. The van der Waals surface area contributed by atoms with Gasteiger partial charge in [0, 0.05) is 9.75 Å². The second-order valence-corrected chi connectivity index (χ2v) is 6.59. The van der Waals surface area contributed by atoms with Crippen molar-refractivity contribution in [3.8, 4) is 0 Å². The lowest BCUT2D eigenvalue weighted by molar-refractivity contribution is 0.594. The van der Waals surface area contributed by atoms with Gasteiger partial charge < -0.3 is 5.32 Å². The topological polar surface area (TPSA) is 12.0 Å². The van der Waals surface area contributed by atoms with E-state index >= 15 is 0 Å². The summed E-state index contributed by atoms with van der Waals surface area (Å²) >= 11 is 1.82. The summed E-state index contributed by atoms with van der Waals surface area (Å²) < 4.78 is 13.5. The van der Waals surface area contributed by atoms with Crippen LogP contribution in [0.2, 0.25) is 0 Å². The third-order valence-electron chi connectivity index (χ3n) is 3.46. The fraction of sp³-hybridized carbons (Fsp3) is 0.412. The molecule has 1 aromatic carbocycles. The quantitative estimate of drug-likeness (QED) is 0.826. The fourth-order valence-corrected chi connectivity index (χ4v) is 3.58.